The summed E-state index contributed by atoms with van der Waals surface area (Å²) in [6.45, 7) is 7.10. The molecule has 1 aliphatic rings. The highest BCUT2D eigenvalue weighted by Gasteiger charge is 2.20. The van der Waals surface area contributed by atoms with E-state index in [9.17, 15) is 8.42 Å². The number of nitrogens with two attached hydrogens (primary N) is 1. The number of aromatic nitrogens is 4. The molecule has 0 amide bonds. The van der Waals surface area contributed by atoms with Gasteiger partial charge in [-0.05, 0) is 44.2 Å². The van der Waals surface area contributed by atoms with Gasteiger partial charge >= 0.3 is 0 Å². The van der Waals surface area contributed by atoms with Gasteiger partial charge in [-0.1, -0.05) is 0 Å². The fourth-order valence-electron chi connectivity index (χ4n) is 3.50. The molecule has 3 aromatic rings. The molecule has 0 atom stereocenters. The summed E-state index contributed by atoms with van der Waals surface area (Å²) in [5, 5.41) is 9.64. The molecule has 9 nitrogen and oxygen atoms in total. The summed E-state index contributed by atoms with van der Waals surface area (Å²) in [5.74, 6) is 1.52. The van der Waals surface area contributed by atoms with E-state index < -0.39 is 10.0 Å². The Morgan fingerprint density at radius 3 is 2.14 bits per heavy atom. The van der Waals surface area contributed by atoms with Crippen LogP contribution in [0.5, 0.6) is 0 Å². The fraction of sp³-hybridized carbons (Fsp3) is 0.316. The summed E-state index contributed by atoms with van der Waals surface area (Å²) < 4.78 is 24.6. The van der Waals surface area contributed by atoms with Crippen LogP contribution in [0.15, 0.2) is 47.6 Å². The van der Waals surface area contributed by atoms with E-state index in [-0.39, 0.29) is 4.90 Å². The van der Waals surface area contributed by atoms with Gasteiger partial charge in [0.25, 0.3) is 0 Å². The summed E-state index contributed by atoms with van der Waals surface area (Å²) in [6, 6.07) is 8.67. The van der Waals surface area contributed by atoms with E-state index in [1.807, 2.05) is 19.9 Å². The highest BCUT2D eigenvalue weighted by Crippen LogP contribution is 2.21. The van der Waals surface area contributed by atoms with E-state index in [1.54, 1.807) is 41.3 Å². The van der Waals surface area contributed by atoms with Crippen molar-refractivity contribution >= 4 is 21.5 Å². The van der Waals surface area contributed by atoms with E-state index in [2.05, 4.69) is 19.9 Å². The maximum Gasteiger partial charge on any atom is 0.238 e. The third-order valence-corrected chi connectivity index (χ3v) is 5.90. The van der Waals surface area contributed by atoms with Crippen molar-refractivity contribution in [2.24, 2.45) is 5.14 Å². The standard InChI is InChI=1S/C19H23N7O2S/c1-14-11-15(2)26(23-14)19-13-21-12-18(22-19)25-9-7-24(8-10-25)16-3-5-17(6-4-16)29(20,27)28/h3-6,11-13H,7-10H2,1-2H3,(H2,20,27,28). The first-order valence-corrected chi connectivity index (χ1v) is 10.8. The van der Waals surface area contributed by atoms with Crippen molar-refractivity contribution in [2.45, 2.75) is 18.7 Å². The second-order valence-corrected chi connectivity index (χ2v) is 8.65. The summed E-state index contributed by atoms with van der Waals surface area (Å²) in [7, 11) is -3.67. The van der Waals surface area contributed by atoms with Crippen molar-refractivity contribution < 1.29 is 8.42 Å². The van der Waals surface area contributed by atoms with E-state index >= 15 is 0 Å². The van der Waals surface area contributed by atoms with E-state index in [1.165, 1.54) is 0 Å². The van der Waals surface area contributed by atoms with E-state index in [0.717, 1.165) is 49.1 Å². The van der Waals surface area contributed by atoms with Crippen molar-refractivity contribution in [2.75, 3.05) is 36.0 Å². The van der Waals surface area contributed by atoms with Crippen LogP contribution >= 0.6 is 0 Å². The molecule has 1 fully saturated rings. The average Bonchev–Trinajstić information content (AvgIpc) is 3.06. The molecular formula is C19H23N7O2S. The van der Waals surface area contributed by atoms with Crippen molar-refractivity contribution in [3.05, 3.63) is 54.1 Å². The number of rotatable bonds is 4. The predicted molar refractivity (Wildman–Crippen MR) is 111 cm³/mol. The Labute approximate surface area is 169 Å². The lowest BCUT2D eigenvalue weighted by atomic mass is 10.2. The van der Waals surface area contributed by atoms with Crippen LogP contribution in [-0.2, 0) is 10.0 Å². The number of nitrogens with zero attached hydrogens (tertiary/aromatic N) is 6. The SMILES string of the molecule is Cc1cc(C)n(-c2cncc(N3CCN(c4ccc(S(N)(=O)=O)cc4)CC3)n2)n1. The number of sulfonamides is 1. The molecule has 0 spiro atoms. The van der Waals surface area contributed by atoms with Gasteiger partial charge in [-0.15, -0.1) is 0 Å². The normalized spacial score (nSPS) is 15.0. The molecule has 2 N–H and O–H groups in total. The quantitative estimate of drug-likeness (QED) is 0.685. The topological polar surface area (TPSA) is 110 Å². The number of benzene rings is 1. The summed E-state index contributed by atoms with van der Waals surface area (Å²) in [4.78, 5) is 13.6. The Bertz CT molecular complexity index is 1120. The molecule has 1 aliphatic heterocycles. The number of anilines is 2. The second kappa shape index (κ2) is 7.45. The first-order chi connectivity index (χ1) is 13.8. The van der Waals surface area contributed by atoms with Gasteiger partial charge in [0.05, 0.1) is 23.0 Å². The number of hydrogen-bond acceptors (Lipinski definition) is 7. The zero-order valence-corrected chi connectivity index (χ0v) is 17.2. The molecule has 0 aliphatic carbocycles. The van der Waals surface area contributed by atoms with Crippen molar-refractivity contribution in [1.29, 1.82) is 0 Å². The number of hydrogen-bond donors (Lipinski definition) is 1. The van der Waals surface area contributed by atoms with Crippen LogP contribution in [-0.4, -0.2) is 54.3 Å². The molecule has 152 valence electrons. The average molecular weight is 414 g/mol. The monoisotopic (exact) mass is 413 g/mol. The lowest BCUT2D eigenvalue weighted by Gasteiger charge is -2.36. The molecule has 1 saturated heterocycles. The van der Waals surface area contributed by atoms with Gasteiger partial charge in [-0.3, -0.25) is 4.98 Å². The minimum atomic E-state index is -3.67. The van der Waals surface area contributed by atoms with Gasteiger partial charge in [0.2, 0.25) is 10.0 Å². The van der Waals surface area contributed by atoms with Crippen LogP contribution in [0, 0.1) is 13.8 Å². The van der Waals surface area contributed by atoms with Gasteiger partial charge in [-0.25, -0.2) is 23.2 Å². The molecule has 0 bridgehead atoms. The number of piperazine rings is 1. The van der Waals surface area contributed by atoms with Gasteiger partial charge in [0, 0.05) is 37.6 Å². The molecule has 29 heavy (non-hydrogen) atoms. The zero-order chi connectivity index (χ0) is 20.6. The van der Waals surface area contributed by atoms with Crippen LogP contribution in [0.4, 0.5) is 11.5 Å². The summed E-state index contributed by atoms with van der Waals surface area (Å²) in [5.41, 5.74) is 2.93. The largest absolute Gasteiger partial charge is 0.368 e. The molecular weight excluding hydrogens is 390 g/mol. The van der Waals surface area contributed by atoms with Gasteiger partial charge in [0.1, 0.15) is 5.82 Å². The highest BCUT2D eigenvalue weighted by molar-refractivity contribution is 7.89. The maximum atomic E-state index is 11.4. The third kappa shape index (κ3) is 4.08. The first kappa shape index (κ1) is 19.3. The third-order valence-electron chi connectivity index (χ3n) is 4.97. The van der Waals surface area contributed by atoms with Crippen LogP contribution < -0.4 is 14.9 Å². The lowest BCUT2D eigenvalue weighted by molar-refractivity contribution is 0.597. The first-order valence-electron chi connectivity index (χ1n) is 9.30. The molecule has 10 heteroatoms. The van der Waals surface area contributed by atoms with Gasteiger partial charge in [-0.2, -0.15) is 5.10 Å². The lowest BCUT2D eigenvalue weighted by Crippen LogP contribution is -2.47. The number of aryl methyl sites for hydroxylation is 2. The molecule has 0 unspecified atom stereocenters. The molecule has 3 heterocycles. The minimum absolute atomic E-state index is 0.121. The molecule has 0 radical (unpaired) electrons. The Morgan fingerprint density at radius 1 is 0.931 bits per heavy atom. The van der Waals surface area contributed by atoms with Gasteiger partial charge < -0.3 is 9.80 Å². The maximum absolute atomic E-state index is 11.4. The van der Waals surface area contributed by atoms with Crippen molar-refractivity contribution in [1.82, 2.24) is 19.7 Å². The van der Waals surface area contributed by atoms with E-state index in [0.29, 0.717) is 5.82 Å². The van der Waals surface area contributed by atoms with E-state index in [4.69, 9.17) is 10.1 Å². The van der Waals surface area contributed by atoms with Crippen molar-refractivity contribution in [3.63, 3.8) is 0 Å². The van der Waals surface area contributed by atoms with Crippen LogP contribution in [0.25, 0.3) is 5.82 Å². The predicted octanol–water partition coefficient (Wildman–Crippen LogP) is 1.25. The molecule has 1 aromatic carbocycles. The molecule has 2 aromatic heterocycles. The Balaban J connectivity index is 1.46. The van der Waals surface area contributed by atoms with Gasteiger partial charge in [0.15, 0.2) is 5.82 Å². The number of primary sulfonamides is 1. The smallest absolute Gasteiger partial charge is 0.238 e. The molecule has 0 saturated carbocycles. The summed E-state index contributed by atoms with van der Waals surface area (Å²) in [6.07, 6.45) is 3.48. The fourth-order valence-corrected chi connectivity index (χ4v) is 4.02. The minimum Gasteiger partial charge on any atom is -0.368 e. The zero-order valence-electron chi connectivity index (χ0n) is 16.4. The van der Waals surface area contributed by atoms with Crippen LogP contribution in [0.1, 0.15) is 11.4 Å². The highest BCUT2D eigenvalue weighted by atomic mass is 32.2. The Kier molecular flexibility index (Phi) is 4.97. The second-order valence-electron chi connectivity index (χ2n) is 7.09. The Hall–Kier alpha value is -2.98. The Morgan fingerprint density at radius 2 is 1.55 bits per heavy atom. The van der Waals surface area contributed by atoms with Crippen LogP contribution in [0.2, 0.25) is 0 Å². The van der Waals surface area contributed by atoms with Crippen LogP contribution in [0.3, 0.4) is 0 Å². The van der Waals surface area contributed by atoms with Crippen molar-refractivity contribution in [3.8, 4) is 5.82 Å². The summed E-state index contributed by atoms with van der Waals surface area (Å²) >= 11 is 0. The molecule has 4 rings (SSSR count).